The number of cyclic esters (lactones) is 1. The Morgan fingerprint density at radius 1 is 1.25 bits per heavy atom. The van der Waals surface area contributed by atoms with Crippen molar-refractivity contribution in [2.24, 2.45) is 22.7 Å². The van der Waals surface area contributed by atoms with Crippen LogP contribution >= 0.6 is 0 Å². The third-order valence-electron chi connectivity index (χ3n) is 9.22. The second-order valence-corrected chi connectivity index (χ2v) is 17.0. The second kappa shape index (κ2) is 8.52. The second-order valence-electron chi connectivity index (χ2n) is 12.2. The van der Waals surface area contributed by atoms with Crippen LogP contribution in [0.1, 0.15) is 66.7 Å². The summed E-state index contributed by atoms with van der Waals surface area (Å²) in [6.07, 6.45) is 4.84. The van der Waals surface area contributed by atoms with E-state index >= 15 is 0 Å². The molecule has 0 radical (unpaired) electrons. The first-order valence-electron chi connectivity index (χ1n) is 12.0. The summed E-state index contributed by atoms with van der Waals surface area (Å²) in [7, 11) is -1.98. The van der Waals surface area contributed by atoms with E-state index < -0.39 is 25.8 Å². The molecule has 1 N–H and O–H groups in total. The Hall–Kier alpha value is -1.24. The van der Waals surface area contributed by atoms with Crippen LogP contribution in [-0.2, 0) is 18.8 Å². The van der Waals surface area contributed by atoms with Gasteiger partial charge in [-0.05, 0) is 61.1 Å². The summed E-state index contributed by atoms with van der Waals surface area (Å²) in [6.45, 7) is 20.5. The first-order chi connectivity index (χ1) is 14.6. The van der Waals surface area contributed by atoms with Crippen molar-refractivity contribution < 1.29 is 23.9 Å². The topological polar surface area (TPSA) is 72.8 Å². The van der Waals surface area contributed by atoms with Crippen LogP contribution in [0.3, 0.4) is 0 Å². The van der Waals surface area contributed by atoms with Crippen LogP contribution in [0.5, 0.6) is 0 Å². The van der Waals surface area contributed by atoms with Crippen LogP contribution in [0.2, 0.25) is 18.1 Å². The lowest BCUT2D eigenvalue weighted by molar-refractivity contribution is -0.150. The molecule has 0 aromatic carbocycles. The summed E-state index contributed by atoms with van der Waals surface area (Å²) in [5.74, 6) is 0.259. The number of allylic oxidation sites excluding steroid dienone is 2. The molecule has 0 unspecified atom stereocenters. The molecule has 3 aliphatic rings. The Balaban J connectivity index is 1.88. The van der Waals surface area contributed by atoms with Crippen molar-refractivity contribution in [3.05, 3.63) is 23.8 Å². The summed E-state index contributed by atoms with van der Waals surface area (Å²) >= 11 is 0. The smallest absolute Gasteiger partial charge is 0.336 e. The molecule has 5 atom stereocenters. The Morgan fingerprint density at radius 2 is 1.91 bits per heavy atom. The molecule has 32 heavy (non-hydrogen) atoms. The van der Waals surface area contributed by atoms with Crippen molar-refractivity contribution in [1.82, 2.24) is 0 Å². The Labute approximate surface area is 194 Å². The van der Waals surface area contributed by atoms with E-state index in [-0.39, 0.29) is 28.9 Å². The highest BCUT2D eigenvalue weighted by Crippen LogP contribution is 2.61. The van der Waals surface area contributed by atoms with Crippen molar-refractivity contribution in [2.75, 3.05) is 13.2 Å². The van der Waals surface area contributed by atoms with Gasteiger partial charge in [-0.1, -0.05) is 52.8 Å². The largest absolute Gasteiger partial charge is 0.459 e. The fraction of sp³-hybridized carbons (Fsp3) is 0.769. The normalized spacial score (nSPS) is 37.6. The molecule has 1 heterocycles. The summed E-state index contributed by atoms with van der Waals surface area (Å²) in [6, 6.07) is 0. The number of hydrogen-bond acceptors (Lipinski definition) is 5. The van der Waals surface area contributed by atoms with Gasteiger partial charge < -0.3 is 14.3 Å². The van der Waals surface area contributed by atoms with Gasteiger partial charge in [0.25, 0.3) is 0 Å². The monoisotopic (exact) mass is 462 g/mol. The summed E-state index contributed by atoms with van der Waals surface area (Å²) in [4.78, 5) is 25.3. The van der Waals surface area contributed by atoms with E-state index in [0.29, 0.717) is 30.8 Å². The van der Waals surface area contributed by atoms with Crippen LogP contribution in [0.25, 0.3) is 0 Å². The molecule has 6 heteroatoms. The number of hydrogen-bond donors (Lipinski definition) is 1. The first kappa shape index (κ1) is 25.4. The lowest BCUT2D eigenvalue weighted by Crippen LogP contribution is -2.57. The van der Waals surface area contributed by atoms with E-state index in [1.807, 2.05) is 6.08 Å². The van der Waals surface area contributed by atoms with Gasteiger partial charge in [0.05, 0.1) is 11.0 Å². The molecule has 3 rings (SSSR count). The number of aliphatic hydroxyl groups excluding tert-OH is 1. The van der Waals surface area contributed by atoms with Crippen LogP contribution in [0.15, 0.2) is 23.8 Å². The molecule has 180 valence electrons. The van der Waals surface area contributed by atoms with Gasteiger partial charge >= 0.3 is 5.97 Å². The maximum atomic E-state index is 13.3. The SMILES string of the molecule is C=C1CC[C@H]2[C@@](C)(CCC(=O)[C@@]2(C)CO[Si](C)(C)C(C)(C)C)[C@@H]1C/C=C1/C(=O)OC[C@H]1O. The molecule has 0 spiro atoms. The Morgan fingerprint density at radius 3 is 2.47 bits per heavy atom. The average Bonchev–Trinajstić information content (AvgIpc) is 3.00. The number of fused-ring (bicyclic) bond motifs is 1. The third kappa shape index (κ3) is 4.30. The highest BCUT2D eigenvalue weighted by molar-refractivity contribution is 6.74. The van der Waals surface area contributed by atoms with Gasteiger partial charge in [-0.3, -0.25) is 4.79 Å². The number of esters is 1. The Kier molecular flexibility index (Phi) is 6.75. The number of carbonyl (C=O) groups is 2. The summed E-state index contributed by atoms with van der Waals surface area (Å²) in [5, 5.41) is 10.2. The molecule has 0 amide bonds. The number of rotatable bonds is 5. The van der Waals surface area contributed by atoms with Crippen LogP contribution in [0.4, 0.5) is 0 Å². The quantitative estimate of drug-likeness (QED) is 0.263. The molecular formula is C26H42O5Si. The minimum absolute atomic E-state index is 0.0353. The molecule has 2 saturated carbocycles. The Bertz CT molecular complexity index is 823. The van der Waals surface area contributed by atoms with Gasteiger partial charge in [-0.2, -0.15) is 0 Å². The van der Waals surface area contributed by atoms with E-state index in [0.717, 1.165) is 19.3 Å². The van der Waals surface area contributed by atoms with E-state index in [2.05, 4.69) is 54.3 Å². The number of aliphatic hydroxyl groups is 1. The van der Waals surface area contributed by atoms with Gasteiger partial charge in [0.2, 0.25) is 0 Å². The van der Waals surface area contributed by atoms with E-state index in [9.17, 15) is 14.7 Å². The summed E-state index contributed by atoms with van der Waals surface area (Å²) in [5.41, 5.74) is 0.933. The minimum Gasteiger partial charge on any atom is -0.459 e. The molecule has 0 bridgehead atoms. The van der Waals surface area contributed by atoms with Gasteiger partial charge in [-0.15, -0.1) is 0 Å². The maximum absolute atomic E-state index is 13.3. The number of ketones is 1. The molecule has 0 aromatic heterocycles. The standard InChI is InChI=1S/C26H42O5Si/c1-17-9-12-21-25(5,19(17)11-10-18-20(27)15-30-23(18)29)14-13-22(28)26(21,6)16-31-32(7,8)24(2,3)4/h10,19-21,27H,1,9,11-16H2,2-8H3/b18-10+/t19-,20-,21+,25+,26+/m1/s1. The van der Waals surface area contributed by atoms with Crippen LogP contribution in [0, 0.1) is 22.7 Å². The van der Waals surface area contributed by atoms with Crippen LogP contribution < -0.4 is 0 Å². The lowest BCUT2D eigenvalue weighted by atomic mass is 9.46. The van der Waals surface area contributed by atoms with Crippen molar-refractivity contribution in [3.8, 4) is 0 Å². The third-order valence-corrected chi connectivity index (χ3v) is 13.7. The highest BCUT2D eigenvalue weighted by atomic mass is 28.4. The molecule has 1 saturated heterocycles. The lowest BCUT2D eigenvalue weighted by Gasteiger charge is -2.58. The fourth-order valence-electron chi connectivity index (χ4n) is 5.89. The molecule has 1 aliphatic heterocycles. The zero-order chi connectivity index (χ0) is 24.1. The van der Waals surface area contributed by atoms with E-state index in [1.54, 1.807) is 0 Å². The first-order valence-corrected chi connectivity index (χ1v) is 14.9. The number of ether oxygens (including phenoxy) is 1. The molecule has 3 fully saturated rings. The van der Waals surface area contributed by atoms with Gasteiger partial charge in [-0.25, -0.2) is 4.79 Å². The zero-order valence-corrected chi connectivity index (χ0v) is 22.0. The van der Waals surface area contributed by atoms with Gasteiger partial charge in [0, 0.05) is 13.0 Å². The number of Topliss-reactive ketones (excluding diaryl/α,β-unsaturated/α-hetero) is 1. The highest BCUT2D eigenvalue weighted by Gasteiger charge is 2.58. The fourth-order valence-corrected chi connectivity index (χ4v) is 6.99. The average molecular weight is 463 g/mol. The molecule has 2 aliphatic carbocycles. The van der Waals surface area contributed by atoms with Gasteiger partial charge in [0.15, 0.2) is 8.32 Å². The van der Waals surface area contributed by atoms with E-state index in [4.69, 9.17) is 9.16 Å². The molecule has 5 nitrogen and oxygen atoms in total. The minimum atomic E-state index is -1.98. The molecule has 0 aromatic rings. The zero-order valence-electron chi connectivity index (χ0n) is 21.0. The van der Waals surface area contributed by atoms with Gasteiger partial charge in [0.1, 0.15) is 18.5 Å². The van der Waals surface area contributed by atoms with Crippen LogP contribution in [-0.4, -0.2) is 44.5 Å². The number of carbonyl (C=O) groups excluding carboxylic acids is 2. The van der Waals surface area contributed by atoms with Crippen molar-refractivity contribution in [3.63, 3.8) is 0 Å². The van der Waals surface area contributed by atoms with E-state index in [1.165, 1.54) is 5.57 Å². The van der Waals surface area contributed by atoms with Crippen molar-refractivity contribution >= 4 is 20.1 Å². The predicted octanol–water partition coefficient (Wildman–Crippen LogP) is 5.20. The molecular weight excluding hydrogens is 420 g/mol. The van der Waals surface area contributed by atoms with Crippen molar-refractivity contribution in [2.45, 2.75) is 91.0 Å². The summed E-state index contributed by atoms with van der Waals surface area (Å²) < 4.78 is 11.6. The predicted molar refractivity (Wildman–Crippen MR) is 129 cm³/mol. The van der Waals surface area contributed by atoms with Crippen molar-refractivity contribution in [1.29, 1.82) is 0 Å². The maximum Gasteiger partial charge on any atom is 0.336 e.